The molecule has 2 rings (SSSR count). The minimum atomic E-state index is 0.627. The van der Waals surface area contributed by atoms with Crippen molar-refractivity contribution in [2.24, 2.45) is 11.1 Å². The normalized spacial score (nSPS) is 24.9. The average molecular weight is 224 g/mol. The fourth-order valence-electron chi connectivity index (χ4n) is 3.35. The van der Waals surface area contributed by atoms with Crippen molar-refractivity contribution in [1.82, 2.24) is 4.90 Å². The van der Waals surface area contributed by atoms with Crippen LogP contribution in [0.2, 0.25) is 0 Å². The molecular formula is C14H28N2. The van der Waals surface area contributed by atoms with Gasteiger partial charge in [-0.3, -0.25) is 0 Å². The van der Waals surface area contributed by atoms with Crippen molar-refractivity contribution in [2.45, 2.75) is 64.3 Å². The molecule has 94 valence electrons. The van der Waals surface area contributed by atoms with Crippen LogP contribution in [0.5, 0.6) is 0 Å². The SMILES string of the molecule is CCN(CC1(CCN)CC1)C1CCCCC1. The van der Waals surface area contributed by atoms with Crippen LogP contribution in [0.1, 0.15) is 58.3 Å². The van der Waals surface area contributed by atoms with Crippen molar-refractivity contribution >= 4 is 0 Å². The summed E-state index contributed by atoms with van der Waals surface area (Å²) in [4.78, 5) is 2.75. The Morgan fingerprint density at radius 3 is 2.38 bits per heavy atom. The summed E-state index contributed by atoms with van der Waals surface area (Å²) in [7, 11) is 0. The van der Waals surface area contributed by atoms with E-state index >= 15 is 0 Å². The van der Waals surface area contributed by atoms with Crippen LogP contribution in [0, 0.1) is 5.41 Å². The molecule has 2 aliphatic rings. The number of hydrogen-bond acceptors (Lipinski definition) is 2. The van der Waals surface area contributed by atoms with Gasteiger partial charge in [-0.15, -0.1) is 0 Å². The maximum atomic E-state index is 5.73. The standard InChI is InChI=1S/C14H28N2/c1-2-16(13-6-4-3-5-7-13)12-14(8-9-14)10-11-15/h13H,2-12,15H2,1H3. The van der Waals surface area contributed by atoms with Crippen LogP contribution in [0.4, 0.5) is 0 Å². The molecule has 0 aliphatic heterocycles. The van der Waals surface area contributed by atoms with E-state index in [-0.39, 0.29) is 0 Å². The molecular weight excluding hydrogens is 196 g/mol. The van der Waals surface area contributed by atoms with E-state index in [0.717, 1.165) is 12.6 Å². The maximum Gasteiger partial charge on any atom is 0.00953 e. The van der Waals surface area contributed by atoms with E-state index in [1.54, 1.807) is 0 Å². The summed E-state index contributed by atoms with van der Waals surface area (Å²) in [5.41, 5.74) is 6.36. The molecule has 0 unspecified atom stereocenters. The molecule has 2 heteroatoms. The second-order valence-corrected chi connectivity index (χ2v) is 5.89. The molecule has 2 N–H and O–H groups in total. The van der Waals surface area contributed by atoms with Crippen LogP contribution in [-0.2, 0) is 0 Å². The van der Waals surface area contributed by atoms with Crippen molar-refractivity contribution in [1.29, 1.82) is 0 Å². The third kappa shape index (κ3) is 2.98. The Bertz CT molecular complexity index is 205. The van der Waals surface area contributed by atoms with Gasteiger partial charge in [0.25, 0.3) is 0 Å². The quantitative estimate of drug-likeness (QED) is 0.751. The van der Waals surface area contributed by atoms with E-state index in [1.807, 2.05) is 0 Å². The highest BCUT2D eigenvalue weighted by atomic mass is 15.2. The van der Waals surface area contributed by atoms with Crippen LogP contribution in [0.3, 0.4) is 0 Å². The topological polar surface area (TPSA) is 29.3 Å². The summed E-state index contributed by atoms with van der Waals surface area (Å²) in [6.45, 7) is 5.76. The molecule has 0 bridgehead atoms. The highest BCUT2D eigenvalue weighted by molar-refractivity contribution is 4.96. The molecule has 2 saturated carbocycles. The molecule has 16 heavy (non-hydrogen) atoms. The Labute approximate surface area is 101 Å². The smallest absolute Gasteiger partial charge is 0.00953 e. The lowest BCUT2D eigenvalue weighted by atomic mass is 9.92. The van der Waals surface area contributed by atoms with Gasteiger partial charge < -0.3 is 10.6 Å². The molecule has 0 atom stereocenters. The molecule has 0 heterocycles. The molecule has 0 amide bonds. The predicted molar refractivity (Wildman–Crippen MR) is 69.5 cm³/mol. The van der Waals surface area contributed by atoms with Gasteiger partial charge in [-0.05, 0) is 50.6 Å². The van der Waals surface area contributed by atoms with Crippen LogP contribution in [0.15, 0.2) is 0 Å². The second kappa shape index (κ2) is 5.50. The van der Waals surface area contributed by atoms with Gasteiger partial charge in [0.2, 0.25) is 0 Å². The lowest BCUT2D eigenvalue weighted by Gasteiger charge is -2.36. The van der Waals surface area contributed by atoms with Crippen LogP contribution < -0.4 is 5.73 Å². The van der Waals surface area contributed by atoms with Crippen molar-refractivity contribution in [2.75, 3.05) is 19.6 Å². The summed E-state index contributed by atoms with van der Waals surface area (Å²) >= 11 is 0. The van der Waals surface area contributed by atoms with Gasteiger partial charge in [0.1, 0.15) is 0 Å². The zero-order chi connectivity index (χ0) is 11.4. The zero-order valence-corrected chi connectivity index (χ0v) is 10.9. The third-order valence-corrected chi connectivity index (χ3v) is 4.67. The van der Waals surface area contributed by atoms with Crippen LogP contribution >= 0.6 is 0 Å². The second-order valence-electron chi connectivity index (χ2n) is 5.89. The van der Waals surface area contributed by atoms with E-state index in [9.17, 15) is 0 Å². The fraction of sp³-hybridized carbons (Fsp3) is 1.00. The van der Waals surface area contributed by atoms with E-state index in [1.165, 1.54) is 64.5 Å². The van der Waals surface area contributed by atoms with Crippen molar-refractivity contribution in [3.05, 3.63) is 0 Å². The first-order valence-corrected chi connectivity index (χ1v) is 7.24. The predicted octanol–water partition coefficient (Wildman–Crippen LogP) is 2.77. The summed E-state index contributed by atoms with van der Waals surface area (Å²) in [6, 6.07) is 0.883. The summed E-state index contributed by atoms with van der Waals surface area (Å²) in [5, 5.41) is 0. The minimum Gasteiger partial charge on any atom is -0.330 e. The van der Waals surface area contributed by atoms with Gasteiger partial charge in [-0.25, -0.2) is 0 Å². The lowest BCUT2D eigenvalue weighted by molar-refractivity contribution is 0.130. The van der Waals surface area contributed by atoms with E-state index in [0.29, 0.717) is 5.41 Å². The Morgan fingerprint density at radius 2 is 1.88 bits per heavy atom. The van der Waals surface area contributed by atoms with Crippen LogP contribution in [-0.4, -0.2) is 30.6 Å². The fourth-order valence-corrected chi connectivity index (χ4v) is 3.35. The number of nitrogens with zero attached hydrogens (tertiary/aromatic N) is 1. The molecule has 0 aromatic carbocycles. The third-order valence-electron chi connectivity index (χ3n) is 4.67. The molecule has 0 aromatic heterocycles. The number of rotatable bonds is 6. The molecule has 0 saturated heterocycles. The Balaban J connectivity index is 1.84. The maximum absolute atomic E-state index is 5.73. The van der Waals surface area contributed by atoms with Gasteiger partial charge in [0.05, 0.1) is 0 Å². The first-order chi connectivity index (χ1) is 7.79. The van der Waals surface area contributed by atoms with Gasteiger partial charge in [-0.1, -0.05) is 26.2 Å². The molecule has 2 nitrogen and oxygen atoms in total. The monoisotopic (exact) mass is 224 g/mol. The first-order valence-electron chi connectivity index (χ1n) is 7.24. The summed E-state index contributed by atoms with van der Waals surface area (Å²) < 4.78 is 0. The van der Waals surface area contributed by atoms with Gasteiger partial charge in [0, 0.05) is 12.6 Å². The highest BCUT2D eigenvalue weighted by Gasteiger charge is 2.43. The number of nitrogens with two attached hydrogens (primary N) is 1. The molecule has 0 aromatic rings. The summed E-state index contributed by atoms with van der Waals surface area (Å²) in [5.74, 6) is 0. The Kier molecular flexibility index (Phi) is 4.26. The molecule has 0 spiro atoms. The minimum absolute atomic E-state index is 0.627. The highest BCUT2D eigenvalue weighted by Crippen LogP contribution is 2.49. The largest absolute Gasteiger partial charge is 0.330 e. The van der Waals surface area contributed by atoms with E-state index in [2.05, 4.69) is 11.8 Å². The lowest BCUT2D eigenvalue weighted by Crippen LogP contribution is -2.40. The van der Waals surface area contributed by atoms with Crippen molar-refractivity contribution in [3.8, 4) is 0 Å². The van der Waals surface area contributed by atoms with Gasteiger partial charge in [-0.2, -0.15) is 0 Å². The van der Waals surface area contributed by atoms with E-state index < -0.39 is 0 Å². The molecule has 0 radical (unpaired) electrons. The van der Waals surface area contributed by atoms with E-state index in [4.69, 9.17) is 5.73 Å². The zero-order valence-electron chi connectivity index (χ0n) is 10.9. The molecule has 2 aliphatic carbocycles. The summed E-state index contributed by atoms with van der Waals surface area (Å²) in [6.07, 6.45) is 11.3. The van der Waals surface area contributed by atoms with Crippen LogP contribution in [0.25, 0.3) is 0 Å². The molecule has 2 fully saturated rings. The Hall–Kier alpha value is -0.0800. The van der Waals surface area contributed by atoms with Gasteiger partial charge in [0.15, 0.2) is 0 Å². The average Bonchev–Trinajstić information content (AvgIpc) is 3.08. The Morgan fingerprint density at radius 1 is 1.19 bits per heavy atom. The number of hydrogen-bond donors (Lipinski definition) is 1. The van der Waals surface area contributed by atoms with Crippen molar-refractivity contribution in [3.63, 3.8) is 0 Å². The first kappa shape index (κ1) is 12.4. The van der Waals surface area contributed by atoms with Gasteiger partial charge >= 0.3 is 0 Å². The van der Waals surface area contributed by atoms with Crippen molar-refractivity contribution < 1.29 is 0 Å².